The van der Waals surface area contributed by atoms with Crippen molar-refractivity contribution in [3.8, 4) is 5.75 Å². The van der Waals surface area contributed by atoms with Crippen molar-refractivity contribution in [3.63, 3.8) is 0 Å². The monoisotopic (exact) mass is 393 g/mol. The van der Waals surface area contributed by atoms with E-state index in [0.717, 1.165) is 41.9 Å². The average Bonchev–Trinajstić information content (AvgIpc) is 3.20. The number of aromatic nitrogens is 1. The third-order valence-electron chi connectivity index (χ3n) is 5.49. The van der Waals surface area contributed by atoms with Crippen LogP contribution in [0.25, 0.3) is 10.9 Å². The fourth-order valence-corrected chi connectivity index (χ4v) is 3.82. The van der Waals surface area contributed by atoms with Crippen molar-refractivity contribution < 1.29 is 13.9 Å². The first-order valence-electron chi connectivity index (χ1n) is 9.77. The van der Waals surface area contributed by atoms with Gasteiger partial charge in [0.15, 0.2) is 0 Å². The van der Waals surface area contributed by atoms with Gasteiger partial charge >= 0.3 is 0 Å². The lowest BCUT2D eigenvalue weighted by atomic mass is 10.1. The zero-order chi connectivity index (χ0) is 20.4. The molecule has 4 rings (SSSR count). The standard InChI is InChI=1S/C23H24FN3O2/c1-15-21(11-17-3-8-20(29-2)12-22(17)26-15)23(28)25-13-16-9-10-27(14-16)19-6-4-18(24)5-7-19/h3-8,11-12,16H,9-10,13-14H2,1-2H3,(H,25,28). The fourth-order valence-electron chi connectivity index (χ4n) is 3.82. The minimum Gasteiger partial charge on any atom is -0.497 e. The number of hydrogen-bond donors (Lipinski definition) is 1. The topological polar surface area (TPSA) is 54.5 Å². The highest BCUT2D eigenvalue weighted by atomic mass is 19.1. The van der Waals surface area contributed by atoms with Crippen LogP contribution in [0.15, 0.2) is 48.5 Å². The number of benzene rings is 2. The number of pyridine rings is 1. The van der Waals surface area contributed by atoms with Crippen LogP contribution in [0.3, 0.4) is 0 Å². The molecule has 3 aromatic rings. The second-order valence-electron chi connectivity index (χ2n) is 7.47. The van der Waals surface area contributed by atoms with Crippen molar-refractivity contribution >= 4 is 22.5 Å². The molecule has 1 fully saturated rings. The van der Waals surface area contributed by atoms with Gasteiger partial charge in [-0.1, -0.05) is 0 Å². The molecule has 6 heteroatoms. The SMILES string of the molecule is COc1ccc2cc(C(=O)NCC3CCN(c4ccc(F)cc4)C3)c(C)nc2c1. The summed E-state index contributed by atoms with van der Waals surface area (Å²) in [6.07, 6.45) is 0.992. The largest absolute Gasteiger partial charge is 0.497 e. The van der Waals surface area contributed by atoms with E-state index in [0.29, 0.717) is 23.7 Å². The van der Waals surface area contributed by atoms with Crippen molar-refractivity contribution in [2.24, 2.45) is 5.92 Å². The number of methoxy groups -OCH3 is 1. The van der Waals surface area contributed by atoms with Crippen LogP contribution >= 0.6 is 0 Å². The summed E-state index contributed by atoms with van der Waals surface area (Å²) in [6.45, 7) is 4.21. The van der Waals surface area contributed by atoms with Gasteiger partial charge in [-0.2, -0.15) is 0 Å². The summed E-state index contributed by atoms with van der Waals surface area (Å²) in [5, 5.41) is 3.97. The molecule has 150 valence electrons. The van der Waals surface area contributed by atoms with Gasteiger partial charge in [0.1, 0.15) is 11.6 Å². The van der Waals surface area contributed by atoms with Crippen LogP contribution < -0.4 is 15.0 Å². The first-order chi connectivity index (χ1) is 14.0. The number of nitrogens with one attached hydrogen (secondary N) is 1. The normalized spacial score (nSPS) is 16.2. The van der Waals surface area contributed by atoms with Gasteiger partial charge in [0.25, 0.3) is 5.91 Å². The zero-order valence-corrected chi connectivity index (χ0v) is 16.6. The van der Waals surface area contributed by atoms with Crippen LogP contribution in [-0.4, -0.2) is 37.6 Å². The van der Waals surface area contributed by atoms with Crippen LogP contribution in [0.5, 0.6) is 5.75 Å². The van der Waals surface area contributed by atoms with E-state index in [1.165, 1.54) is 12.1 Å². The number of ether oxygens (including phenoxy) is 1. The molecular formula is C23H24FN3O2. The van der Waals surface area contributed by atoms with Crippen molar-refractivity contribution in [3.05, 3.63) is 65.6 Å². The number of carbonyl (C=O) groups excluding carboxylic acids is 1. The molecular weight excluding hydrogens is 369 g/mol. The van der Waals surface area contributed by atoms with Crippen LogP contribution in [-0.2, 0) is 0 Å². The quantitative estimate of drug-likeness (QED) is 0.713. The van der Waals surface area contributed by atoms with Gasteiger partial charge < -0.3 is 15.0 Å². The summed E-state index contributed by atoms with van der Waals surface area (Å²) in [4.78, 5) is 19.5. The number of aryl methyl sites for hydroxylation is 1. The minimum atomic E-state index is -0.227. The highest BCUT2D eigenvalue weighted by Crippen LogP contribution is 2.24. The number of nitrogens with zero attached hydrogens (tertiary/aromatic N) is 2. The van der Waals surface area contributed by atoms with Gasteiger partial charge in [-0.15, -0.1) is 0 Å². The van der Waals surface area contributed by atoms with E-state index in [-0.39, 0.29) is 11.7 Å². The predicted molar refractivity (Wildman–Crippen MR) is 112 cm³/mol. The molecule has 2 aromatic carbocycles. The number of fused-ring (bicyclic) bond motifs is 1. The molecule has 0 bridgehead atoms. The third-order valence-corrected chi connectivity index (χ3v) is 5.49. The van der Waals surface area contributed by atoms with Gasteiger partial charge in [0, 0.05) is 36.8 Å². The smallest absolute Gasteiger partial charge is 0.253 e. The molecule has 1 aliphatic heterocycles. The highest BCUT2D eigenvalue weighted by molar-refractivity contribution is 5.98. The van der Waals surface area contributed by atoms with Crippen molar-refractivity contribution in [1.29, 1.82) is 0 Å². The predicted octanol–water partition coefficient (Wildman–Crippen LogP) is 3.95. The summed E-state index contributed by atoms with van der Waals surface area (Å²) in [6, 6.07) is 14.1. The number of anilines is 1. The molecule has 1 unspecified atom stereocenters. The summed E-state index contributed by atoms with van der Waals surface area (Å²) < 4.78 is 18.4. The van der Waals surface area contributed by atoms with Crippen molar-refractivity contribution in [2.75, 3.05) is 31.6 Å². The summed E-state index contributed by atoms with van der Waals surface area (Å²) >= 11 is 0. The van der Waals surface area contributed by atoms with Crippen molar-refractivity contribution in [2.45, 2.75) is 13.3 Å². The molecule has 1 N–H and O–H groups in total. The molecule has 1 aromatic heterocycles. The Bertz CT molecular complexity index is 1040. The molecule has 1 saturated heterocycles. The second-order valence-corrected chi connectivity index (χ2v) is 7.47. The van der Waals surface area contributed by atoms with Crippen LogP contribution in [0.1, 0.15) is 22.5 Å². The van der Waals surface area contributed by atoms with Gasteiger partial charge in [-0.05, 0) is 61.7 Å². The Balaban J connectivity index is 1.39. The summed E-state index contributed by atoms with van der Waals surface area (Å²) in [7, 11) is 1.62. The first-order valence-corrected chi connectivity index (χ1v) is 9.77. The average molecular weight is 393 g/mol. The zero-order valence-electron chi connectivity index (χ0n) is 16.6. The summed E-state index contributed by atoms with van der Waals surface area (Å²) in [5.74, 6) is 0.776. The Labute approximate surface area is 169 Å². The molecule has 2 heterocycles. The maximum Gasteiger partial charge on any atom is 0.253 e. The van der Waals surface area contributed by atoms with Gasteiger partial charge in [-0.3, -0.25) is 9.78 Å². The van der Waals surface area contributed by atoms with E-state index in [1.807, 2.05) is 31.2 Å². The van der Waals surface area contributed by atoms with Crippen molar-refractivity contribution in [1.82, 2.24) is 10.3 Å². The number of halogens is 1. The van der Waals surface area contributed by atoms with E-state index in [2.05, 4.69) is 15.2 Å². The highest BCUT2D eigenvalue weighted by Gasteiger charge is 2.23. The van der Waals surface area contributed by atoms with Crippen LogP contribution in [0.2, 0.25) is 0 Å². The maximum absolute atomic E-state index is 13.1. The Morgan fingerprint density at radius 2 is 2.03 bits per heavy atom. The number of rotatable bonds is 5. The number of hydrogen-bond acceptors (Lipinski definition) is 4. The Morgan fingerprint density at radius 1 is 1.24 bits per heavy atom. The fraction of sp³-hybridized carbons (Fsp3) is 0.304. The Hall–Kier alpha value is -3.15. The molecule has 1 atom stereocenters. The van der Waals surface area contributed by atoms with Gasteiger partial charge in [0.2, 0.25) is 0 Å². The van der Waals surface area contributed by atoms with E-state index in [1.54, 1.807) is 19.2 Å². The molecule has 0 spiro atoms. The maximum atomic E-state index is 13.1. The van der Waals surface area contributed by atoms with E-state index >= 15 is 0 Å². The molecule has 0 radical (unpaired) electrons. The molecule has 1 amide bonds. The third kappa shape index (κ3) is 4.16. The van der Waals surface area contributed by atoms with E-state index in [4.69, 9.17) is 4.74 Å². The summed E-state index contributed by atoms with van der Waals surface area (Å²) in [5.41, 5.74) is 3.12. The van der Waals surface area contributed by atoms with Gasteiger partial charge in [0.05, 0.1) is 23.9 Å². The van der Waals surface area contributed by atoms with Crippen LogP contribution in [0.4, 0.5) is 10.1 Å². The molecule has 5 nitrogen and oxygen atoms in total. The Kier molecular flexibility index (Phi) is 5.34. The lowest BCUT2D eigenvalue weighted by molar-refractivity contribution is 0.0947. The number of carbonyl (C=O) groups is 1. The minimum absolute atomic E-state index is 0.104. The molecule has 0 saturated carbocycles. The molecule has 29 heavy (non-hydrogen) atoms. The van der Waals surface area contributed by atoms with E-state index in [9.17, 15) is 9.18 Å². The lowest BCUT2D eigenvalue weighted by Crippen LogP contribution is -2.31. The van der Waals surface area contributed by atoms with E-state index < -0.39 is 0 Å². The number of amides is 1. The first kappa shape index (κ1) is 19.2. The molecule has 0 aliphatic carbocycles. The molecule has 1 aliphatic rings. The van der Waals surface area contributed by atoms with Crippen LogP contribution in [0, 0.1) is 18.7 Å². The van der Waals surface area contributed by atoms with Gasteiger partial charge in [-0.25, -0.2) is 4.39 Å². The Morgan fingerprint density at radius 3 is 2.79 bits per heavy atom. The lowest BCUT2D eigenvalue weighted by Gasteiger charge is -2.19. The second kappa shape index (κ2) is 8.07.